The van der Waals surface area contributed by atoms with E-state index in [9.17, 15) is 19.5 Å². The summed E-state index contributed by atoms with van der Waals surface area (Å²) in [6.45, 7) is 0. The molecule has 2 aromatic carbocycles. The smallest absolute Gasteiger partial charge is 0.305 e. The standard InChI is InChI=1S/C28H32N2O5S2/c1-35-23(31)13-8-14-27-16-21-15-26(18-36-21,30-25(33)20-11-6-3-7-12-20)28(27,34)22(17-37-27)29-24(32)19-9-4-2-5-10-19/h2-7,9-12,21-22,34H,8,13-18H2,1H3,(H,29,32)(H,30,33). The van der Waals surface area contributed by atoms with E-state index in [0.29, 0.717) is 41.9 Å². The maximum Gasteiger partial charge on any atom is 0.305 e. The Hall–Kier alpha value is -2.49. The normalized spacial score (nSPS) is 31.8. The van der Waals surface area contributed by atoms with Crippen molar-refractivity contribution in [3.63, 3.8) is 0 Å². The summed E-state index contributed by atoms with van der Waals surface area (Å²) in [4.78, 5) is 38.6. The molecule has 0 aromatic heterocycles. The number of amides is 2. The van der Waals surface area contributed by atoms with Gasteiger partial charge in [0.1, 0.15) is 5.60 Å². The predicted molar refractivity (Wildman–Crippen MR) is 146 cm³/mol. The van der Waals surface area contributed by atoms with Crippen LogP contribution >= 0.6 is 23.5 Å². The van der Waals surface area contributed by atoms with Gasteiger partial charge in [0.25, 0.3) is 11.8 Å². The number of nitrogens with one attached hydrogen (secondary N) is 2. The molecule has 0 spiro atoms. The van der Waals surface area contributed by atoms with Crippen molar-refractivity contribution < 1.29 is 24.2 Å². The summed E-state index contributed by atoms with van der Waals surface area (Å²) in [5, 5.41) is 19.6. The van der Waals surface area contributed by atoms with Crippen molar-refractivity contribution in [2.45, 2.75) is 59.3 Å². The average molecular weight is 541 g/mol. The van der Waals surface area contributed by atoms with E-state index >= 15 is 0 Å². The zero-order valence-corrected chi connectivity index (χ0v) is 22.4. The van der Waals surface area contributed by atoms with Gasteiger partial charge in [-0.15, -0.1) is 11.8 Å². The van der Waals surface area contributed by atoms with Gasteiger partial charge in [-0.2, -0.15) is 11.8 Å². The van der Waals surface area contributed by atoms with E-state index in [1.165, 1.54) is 7.11 Å². The second-order valence-electron chi connectivity index (χ2n) is 10.1. The fourth-order valence-corrected chi connectivity index (χ4v) is 10.1. The van der Waals surface area contributed by atoms with Gasteiger partial charge in [-0.05, 0) is 49.9 Å². The van der Waals surface area contributed by atoms with Gasteiger partial charge in [-0.25, -0.2) is 0 Å². The van der Waals surface area contributed by atoms with Gasteiger partial charge in [-0.3, -0.25) is 14.4 Å². The molecule has 2 aliphatic heterocycles. The molecule has 5 unspecified atom stereocenters. The van der Waals surface area contributed by atoms with Crippen molar-refractivity contribution in [2.75, 3.05) is 18.6 Å². The lowest BCUT2D eigenvalue weighted by atomic mass is 9.59. The van der Waals surface area contributed by atoms with E-state index in [2.05, 4.69) is 10.6 Å². The van der Waals surface area contributed by atoms with Crippen LogP contribution in [0.15, 0.2) is 60.7 Å². The molecule has 5 rings (SSSR count). The molecule has 37 heavy (non-hydrogen) atoms. The Kier molecular flexibility index (Phi) is 7.31. The first kappa shape index (κ1) is 26.1. The van der Waals surface area contributed by atoms with Crippen LogP contribution in [-0.2, 0) is 9.53 Å². The van der Waals surface area contributed by atoms with Crippen molar-refractivity contribution >= 4 is 41.3 Å². The molecule has 2 bridgehead atoms. The number of hydrogen-bond donors (Lipinski definition) is 3. The molecule has 5 atom stereocenters. The van der Waals surface area contributed by atoms with Crippen molar-refractivity contribution in [2.24, 2.45) is 0 Å². The number of aliphatic hydroxyl groups is 1. The summed E-state index contributed by atoms with van der Waals surface area (Å²) in [6, 6.07) is 17.4. The molecule has 9 heteroatoms. The van der Waals surface area contributed by atoms with Gasteiger partial charge < -0.3 is 20.5 Å². The molecule has 1 aliphatic carbocycles. The molecule has 2 heterocycles. The molecule has 0 radical (unpaired) electrons. The number of methoxy groups -OCH3 is 1. The minimum atomic E-state index is -1.41. The average Bonchev–Trinajstić information content (AvgIpc) is 3.43. The summed E-state index contributed by atoms with van der Waals surface area (Å²) in [7, 11) is 1.38. The Bertz CT molecular complexity index is 1170. The Morgan fingerprint density at radius 2 is 1.65 bits per heavy atom. The van der Waals surface area contributed by atoms with E-state index in [1.807, 2.05) is 36.4 Å². The Labute approximate surface area is 225 Å². The maximum atomic E-state index is 13.4. The lowest BCUT2D eigenvalue weighted by molar-refractivity contribution is -0.141. The van der Waals surface area contributed by atoms with Gasteiger partial charge in [0.2, 0.25) is 0 Å². The highest BCUT2D eigenvalue weighted by Crippen LogP contribution is 2.65. The fourth-order valence-electron chi connectivity index (χ4n) is 6.33. The highest BCUT2D eigenvalue weighted by atomic mass is 32.2. The van der Waals surface area contributed by atoms with Gasteiger partial charge in [0.15, 0.2) is 0 Å². The van der Waals surface area contributed by atoms with Crippen molar-refractivity contribution in [1.29, 1.82) is 0 Å². The lowest BCUT2D eigenvalue weighted by Gasteiger charge is -2.57. The molecule has 2 aromatic rings. The number of ether oxygens (including phenoxy) is 1. The number of esters is 1. The summed E-state index contributed by atoms with van der Waals surface area (Å²) in [5.74, 6) is 0.322. The quantitative estimate of drug-likeness (QED) is 0.441. The molecule has 1 saturated carbocycles. The van der Waals surface area contributed by atoms with Gasteiger partial charge >= 0.3 is 5.97 Å². The molecule has 196 valence electrons. The molecule has 7 nitrogen and oxygen atoms in total. The number of carbonyl (C=O) groups excluding carboxylic acids is 3. The molecule has 3 N–H and O–H groups in total. The SMILES string of the molecule is COC(=O)CCCC12CC3CC(NC(=O)c4ccccc4)(CS3)C1(O)C(NC(=O)c1ccccc1)CS2. The Balaban J connectivity index is 1.50. The number of benzene rings is 2. The third-order valence-electron chi connectivity index (χ3n) is 8.07. The van der Waals surface area contributed by atoms with Crippen LogP contribution in [0.25, 0.3) is 0 Å². The number of fused-ring (bicyclic) bond motifs is 4. The molecule has 3 aliphatic rings. The summed E-state index contributed by atoms with van der Waals surface area (Å²) in [6.07, 6.45) is 2.78. The zero-order valence-electron chi connectivity index (χ0n) is 20.8. The second kappa shape index (κ2) is 10.3. The first-order valence-corrected chi connectivity index (χ1v) is 14.6. The molecular weight excluding hydrogens is 508 g/mol. The van der Waals surface area contributed by atoms with Crippen LogP contribution in [-0.4, -0.2) is 68.7 Å². The van der Waals surface area contributed by atoms with E-state index in [0.717, 1.165) is 6.42 Å². The first-order chi connectivity index (χ1) is 17.8. The summed E-state index contributed by atoms with van der Waals surface area (Å²) < 4.78 is 4.23. The Morgan fingerprint density at radius 1 is 1.00 bits per heavy atom. The fraction of sp³-hybridized carbons (Fsp3) is 0.464. The third kappa shape index (κ3) is 4.55. The van der Waals surface area contributed by atoms with Crippen LogP contribution in [0.1, 0.15) is 52.8 Å². The van der Waals surface area contributed by atoms with Crippen LogP contribution < -0.4 is 10.6 Å². The molecule has 3 fully saturated rings. The maximum absolute atomic E-state index is 13.4. The van der Waals surface area contributed by atoms with Crippen LogP contribution in [0.5, 0.6) is 0 Å². The van der Waals surface area contributed by atoms with Gasteiger partial charge in [0, 0.05) is 34.3 Å². The van der Waals surface area contributed by atoms with Crippen molar-refractivity contribution in [3.05, 3.63) is 71.8 Å². The monoisotopic (exact) mass is 540 g/mol. The van der Waals surface area contributed by atoms with Crippen LogP contribution in [0.3, 0.4) is 0 Å². The molecule has 2 amide bonds. The van der Waals surface area contributed by atoms with E-state index < -0.39 is 21.9 Å². The van der Waals surface area contributed by atoms with Crippen LogP contribution in [0, 0.1) is 0 Å². The topological polar surface area (TPSA) is 105 Å². The number of carbonyl (C=O) groups is 3. The van der Waals surface area contributed by atoms with Gasteiger partial charge in [0.05, 0.1) is 23.4 Å². The lowest BCUT2D eigenvalue weighted by Crippen LogP contribution is -2.79. The van der Waals surface area contributed by atoms with E-state index in [1.54, 1.807) is 47.8 Å². The Morgan fingerprint density at radius 3 is 2.30 bits per heavy atom. The third-order valence-corrected chi connectivity index (χ3v) is 11.3. The predicted octanol–water partition coefficient (Wildman–Crippen LogP) is 3.42. The second-order valence-corrected chi connectivity index (χ2v) is 12.8. The van der Waals surface area contributed by atoms with Gasteiger partial charge in [-0.1, -0.05) is 36.4 Å². The highest BCUT2D eigenvalue weighted by molar-refractivity contribution is 8.02. The number of thioether (sulfide) groups is 2. The first-order valence-electron chi connectivity index (χ1n) is 12.6. The minimum absolute atomic E-state index is 0.231. The van der Waals surface area contributed by atoms with Crippen molar-refractivity contribution in [3.8, 4) is 0 Å². The van der Waals surface area contributed by atoms with Crippen LogP contribution in [0.4, 0.5) is 0 Å². The summed E-state index contributed by atoms with van der Waals surface area (Å²) >= 11 is 3.44. The highest BCUT2D eigenvalue weighted by Gasteiger charge is 2.75. The molecular formula is C28H32N2O5S2. The number of hydrogen-bond acceptors (Lipinski definition) is 7. The summed E-state index contributed by atoms with van der Waals surface area (Å²) in [5.41, 5.74) is -1.27. The largest absolute Gasteiger partial charge is 0.469 e. The van der Waals surface area contributed by atoms with Crippen LogP contribution in [0.2, 0.25) is 0 Å². The minimum Gasteiger partial charge on any atom is -0.469 e. The van der Waals surface area contributed by atoms with Crippen molar-refractivity contribution in [1.82, 2.24) is 10.6 Å². The number of rotatable bonds is 8. The van der Waals surface area contributed by atoms with E-state index in [-0.39, 0.29) is 29.5 Å². The molecule has 2 saturated heterocycles. The zero-order chi connectivity index (χ0) is 26.1. The van der Waals surface area contributed by atoms with E-state index in [4.69, 9.17) is 4.74 Å².